The van der Waals surface area contributed by atoms with Crippen molar-refractivity contribution in [3.05, 3.63) is 52.6 Å². The molecule has 0 spiro atoms. The Morgan fingerprint density at radius 2 is 1.68 bits per heavy atom. The minimum atomic E-state index is -0.944. The molecule has 0 aliphatic carbocycles. The molecule has 2 aliphatic rings. The summed E-state index contributed by atoms with van der Waals surface area (Å²) < 4.78 is 1.45. The minimum Gasteiger partial charge on any atom is -0.338 e. The summed E-state index contributed by atoms with van der Waals surface area (Å²) >= 11 is 0. The van der Waals surface area contributed by atoms with Gasteiger partial charge in [0.15, 0.2) is 0 Å². The number of likely N-dealkylation sites (tertiary alicyclic amines) is 1. The van der Waals surface area contributed by atoms with E-state index in [1.165, 1.54) is 10.1 Å². The standard InChI is InChI=1S/C27H40N8O3/c1-27(2,29)24(36)33-16-18-34(19-17-33)25(37)30-23-11-15-35(26(38)31-23)22-7-5-20(6-8-22)9-13-32-12-3-4-21(28)10-14-32/h5-8,11,15,21H,3-4,9-10,12-14,16-19,28-29H2,1-2H3,(H,30,31,37,38). The first kappa shape index (κ1) is 27.7. The maximum Gasteiger partial charge on any atom is 0.354 e. The molecule has 2 aromatic rings. The van der Waals surface area contributed by atoms with E-state index in [1.807, 2.05) is 24.3 Å². The largest absolute Gasteiger partial charge is 0.354 e. The van der Waals surface area contributed by atoms with Gasteiger partial charge in [0.2, 0.25) is 5.91 Å². The van der Waals surface area contributed by atoms with Gasteiger partial charge >= 0.3 is 11.7 Å². The second kappa shape index (κ2) is 12.1. The summed E-state index contributed by atoms with van der Waals surface area (Å²) in [7, 11) is 0. The number of benzene rings is 1. The summed E-state index contributed by atoms with van der Waals surface area (Å²) in [6.07, 6.45) is 5.86. The summed E-state index contributed by atoms with van der Waals surface area (Å²) in [5.41, 5.74) is 12.5. The van der Waals surface area contributed by atoms with Crippen molar-refractivity contribution in [3.63, 3.8) is 0 Å². The van der Waals surface area contributed by atoms with Crippen molar-refractivity contribution in [3.8, 4) is 5.69 Å². The van der Waals surface area contributed by atoms with Crippen LogP contribution in [0.3, 0.4) is 0 Å². The average Bonchev–Trinajstić information content (AvgIpc) is 3.11. The molecule has 11 heteroatoms. The number of nitrogens with one attached hydrogen (secondary N) is 1. The number of piperazine rings is 1. The van der Waals surface area contributed by atoms with Crippen LogP contribution in [0.1, 0.15) is 38.7 Å². The molecule has 1 aromatic heterocycles. The molecule has 206 valence electrons. The van der Waals surface area contributed by atoms with Crippen LogP contribution in [0.2, 0.25) is 0 Å². The second-order valence-corrected chi connectivity index (χ2v) is 10.8. The first-order valence-corrected chi connectivity index (χ1v) is 13.4. The SMILES string of the molecule is CC(C)(N)C(=O)N1CCN(C(=O)Nc2ccn(-c3ccc(CCN4CCCC(N)CC4)cc3)c(=O)n2)CC1. The number of urea groups is 1. The number of carbonyl (C=O) groups is 2. The molecule has 2 saturated heterocycles. The molecule has 1 atom stereocenters. The van der Waals surface area contributed by atoms with Crippen LogP contribution < -0.4 is 22.5 Å². The molecule has 4 rings (SSSR count). The number of amides is 3. The zero-order valence-electron chi connectivity index (χ0n) is 22.4. The molecule has 3 amide bonds. The van der Waals surface area contributed by atoms with Gasteiger partial charge in [-0.2, -0.15) is 4.98 Å². The van der Waals surface area contributed by atoms with E-state index in [9.17, 15) is 14.4 Å². The Balaban J connectivity index is 1.29. The van der Waals surface area contributed by atoms with E-state index in [-0.39, 0.29) is 17.8 Å². The highest BCUT2D eigenvalue weighted by molar-refractivity contribution is 5.89. The molecule has 1 unspecified atom stereocenters. The Morgan fingerprint density at radius 3 is 2.34 bits per heavy atom. The van der Waals surface area contributed by atoms with Gasteiger partial charge < -0.3 is 26.2 Å². The third kappa shape index (κ3) is 7.18. The summed E-state index contributed by atoms with van der Waals surface area (Å²) in [6, 6.07) is 9.48. The summed E-state index contributed by atoms with van der Waals surface area (Å²) in [4.78, 5) is 47.5. The molecular weight excluding hydrogens is 484 g/mol. The van der Waals surface area contributed by atoms with Gasteiger partial charge in [-0.3, -0.25) is 14.7 Å². The van der Waals surface area contributed by atoms with E-state index in [0.717, 1.165) is 45.3 Å². The Bertz CT molecular complexity index is 1170. The summed E-state index contributed by atoms with van der Waals surface area (Å²) in [5.74, 6) is 0.0464. The number of hydrogen-bond acceptors (Lipinski definition) is 7. The van der Waals surface area contributed by atoms with Crippen LogP contribution in [0.5, 0.6) is 0 Å². The fourth-order valence-corrected chi connectivity index (χ4v) is 4.89. The van der Waals surface area contributed by atoms with Gasteiger partial charge in [-0.25, -0.2) is 9.59 Å². The molecule has 5 N–H and O–H groups in total. The van der Waals surface area contributed by atoms with E-state index in [0.29, 0.717) is 37.9 Å². The predicted molar refractivity (Wildman–Crippen MR) is 147 cm³/mol. The van der Waals surface area contributed by atoms with Crippen LogP contribution in [-0.2, 0) is 11.2 Å². The average molecular weight is 525 g/mol. The van der Waals surface area contributed by atoms with Gasteiger partial charge in [-0.1, -0.05) is 12.1 Å². The molecule has 0 bridgehead atoms. The number of anilines is 1. The zero-order chi connectivity index (χ0) is 27.3. The Kier molecular flexibility index (Phi) is 8.80. The zero-order valence-corrected chi connectivity index (χ0v) is 22.4. The molecule has 0 saturated carbocycles. The maximum atomic E-state index is 12.7. The first-order chi connectivity index (χ1) is 18.1. The van der Waals surface area contributed by atoms with Crippen LogP contribution in [0.15, 0.2) is 41.3 Å². The number of carbonyl (C=O) groups excluding carboxylic acids is 2. The second-order valence-electron chi connectivity index (χ2n) is 10.8. The highest BCUT2D eigenvalue weighted by Crippen LogP contribution is 2.14. The van der Waals surface area contributed by atoms with Gasteiger partial charge in [-0.05, 0) is 76.4 Å². The molecule has 11 nitrogen and oxygen atoms in total. The van der Waals surface area contributed by atoms with E-state index >= 15 is 0 Å². The lowest BCUT2D eigenvalue weighted by Gasteiger charge is -2.37. The van der Waals surface area contributed by atoms with Gasteiger partial charge in [0.1, 0.15) is 5.82 Å². The highest BCUT2D eigenvalue weighted by atomic mass is 16.2. The van der Waals surface area contributed by atoms with Crippen LogP contribution in [0.4, 0.5) is 10.6 Å². The van der Waals surface area contributed by atoms with Gasteiger partial charge in [-0.15, -0.1) is 0 Å². The van der Waals surface area contributed by atoms with Crippen molar-refractivity contribution in [2.75, 3.05) is 51.1 Å². The molecule has 2 fully saturated rings. The number of hydrogen-bond donors (Lipinski definition) is 3. The number of rotatable bonds is 6. The van der Waals surface area contributed by atoms with Gasteiger partial charge in [0, 0.05) is 45.0 Å². The van der Waals surface area contributed by atoms with Crippen molar-refractivity contribution in [2.45, 2.75) is 51.1 Å². The van der Waals surface area contributed by atoms with E-state index in [4.69, 9.17) is 11.5 Å². The van der Waals surface area contributed by atoms with Crippen LogP contribution in [-0.4, -0.2) is 93.6 Å². The smallest absolute Gasteiger partial charge is 0.338 e. The quantitative estimate of drug-likeness (QED) is 0.512. The van der Waals surface area contributed by atoms with Crippen LogP contribution >= 0.6 is 0 Å². The number of nitrogens with two attached hydrogens (primary N) is 2. The summed E-state index contributed by atoms with van der Waals surface area (Å²) in [6.45, 7) is 8.05. The lowest BCUT2D eigenvalue weighted by molar-refractivity contribution is -0.137. The third-order valence-electron chi connectivity index (χ3n) is 7.24. The maximum absolute atomic E-state index is 12.7. The fourth-order valence-electron chi connectivity index (χ4n) is 4.89. The third-order valence-corrected chi connectivity index (χ3v) is 7.24. The van der Waals surface area contributed by atoms with Gasteiger partial charge in [0.05, 0.1) is 11.2 Å². The van der Waals surface area contributed by atoms with Crippen LogP contribution in [0, 0.1) is 0 Å². The van der Waals surface area contributed by atoms with E-state index in [1.54, 1.807) is 35.9 Å². The van der Waals surface area contributed by atoms with Crippen molar-refractivity contribution in [1.82, 2.24) is 24.3 Å². The lowest BCUT2D eigenvalue weighted by atomic mass is 10.1. The van der Waals surface area contributed by atoms with Crippen molar-refractivity contribution < 1.29 is 9.59 Å². The fraction of sp³-hybridized carbons (Fsp3) is 0.556. The number of aromatic nitrogens is 2. The van der Waals surface area contributed by atoms with Crippen LogP contribution in [0.25, 0.3) is 5.69 Å². The first-order valence-electron chi connectivity index (χ1n) is 13.4. The Morgan fingerprint density at radius 1 is 1.00 bits per heavy atom. The topological polar surface area (TPSA) is 143 Å². The van der Waals surface area contributed by atoms with E-state index in [2.05, 4.69) is 15.2 Å². The summed E-state index contributed by atoms with van der Waals surface area (Å²) in [5, 5.41) is 2.69. The Labute approximate surface area is 223 Å². The molecule has 2 aliphatic heterocycles. The predicted octanol–water partition coefficient (Wildman–Crippen LogP) is 1.00. The number of nitrogens with zero attached hydrogens (tertiary/aromatic N) is 5. The van der Waals surface area contributed by atoms with Crippen molar-refractivity contribution in [1.29, 1.82) is 0 Å². The van der Waals surface area contributed by atoms with E-state index < -0.39 is 11.2 Å². The molecule has 0 radical (unpaired) electrons. The van der Waals surface area contributed by atoms with Crippen molar-refractivity contribution >= 4 is 17.8 Å². The monoisotopic (exact) mass is 524 g/mol. The molecule has 3 heterocycles. The molecule has 38 heavy (non-hydrogen) atoms. The normalized spacial score (nSPS) is 19.2. The minimum absolute atomic E-state index is 0.140. The molecular formula is C27H40N8O3. The Hall–Kier alpha value is -3.28. The highest BCUT2D eigenvalue weighted by Gasteiger charge is 2.31. The lowest BCUT2D eigenvalue weighted by Crippen LogP contribution is -2.58. The van der Waals surface area contributed by atoms with Gasteiger partial charge in [0.25, 0.3) is 0 Å². The molecule has 1 aromatic carbocycles. The van der Waals surface area contributed by atoms with Crippen molar-refractivity contribution in [2.24, 2.45) is 11.5 Å².